The van der Waals surface area contributed by atoms with Crippen LogP contribution >= 0.6 is 43.5 Å². The molecule has 3 heterocycles. The molecule has 1 fully saturated rings. The Kier molecular flexibility index (Phi) is 8.53. The Morgan fingerprint density at radius 1 is 1.12 bits per heavy atom. The van der Waals surface area contributed by atoms with Crippen molar-refractivity contribution in [1.29, 1.82) is 0 Å². The predicted molar refractivity (Wildman–Crippen MR) is 171 cm³/mol. The molecule has 220 valence electrons. The first kappa shape index (κ1) is 29.4. The highest BCUT2D eigenvalue weighted by Crippen LogP contribution is 2.42. The molecule has 1 aliphatic rings. The average Bonchev–Trinajstić information content (AvgIpc) is 3.45. The third kappa shape index (κ3) is 5.92. The minimum absolute atomic E-state index is 0.150. The van der Waals surface area contributed by atoms with Gasteiger partial charge in [-0.3, -0.25) is 9.59 Å². The molecule has 0 bridgehead atoms. The first-order valence-electron chi connectivity index (χ1n) is 13.1. The summed E-state index contributed by atoms with van der Waals surface area (Å²) in [5.74, 6) is 1.13. The number of carbonyl (C=O) groups is 1. The average molecular weight is 731 g/mol. The smallest absolute Gasteiger partial charge is 0.282 e. The van der Waals surface area contributed by atoms with Crippen molar-refractivity contribution in [3.05, 3.63) is 84.5 Å². The van der Waals surface area contributed by atoms with Crippen LogP contribution in [0.1, 0.15) is 5.56 Å². The number of fused-ring (bicyclic) bond motifs is 2. The van der Waals surface area contributed by atoms with Gasteiger partial charge in [-0.25, -0.2) is 4.98 Å². The molecule has 10 nitrogen and oxygen atoms in total. The van der Waals surface area contributed by atoms with Gasteiger partial charge < -0.3 is 23.5 Å². The number of para-hydroxylation sites is 1. The molecule has 0 unspecified atom stereocenters. The van der Waals surface area contributed by atoms with E-state index in [4.69, 9.17) is 35.2 Å². The monoisotopic (exact) mass is 728 g/mol. The third-order valence-electron chi connectivity index (χ3n) is 6.84. The van der Waals surface area contributed by atoms with Gasteiger partial charge in [-0.1, -0.05) is 23.7 Å². The van der Waals surface area contributed by atoms with Gasteiger partial charge in [0, 0.05) is 33.5 Å². The number of furan rings is 1. The second kappa shape index (κ2) is 12.5. The summed E-state index contributed by atoms with van der Waals surface area (Å²) in [6.45, 7) is 1.87. The Bertz CT molecular complexity index is 1950. The van der Waals surface area contributed by atoms with E-state index in [0.29, 0.717) is 79.6 Å². The lowest BCUT2D eigenvalue weighted by Gasteiger charge is -2.27. The number of morpholine rings is 1. The fraction of sp³-hybridized carbons (Fsp3) is 0.200. The van der Waals surface area contributed by atoms with Gasteiger partial charge in [0.15, 0.2) is 23.9 Å². The number of methoxy groups -OCH3 is 1. The van der Waals surface area contributed by atoms with Crippen LogP contribution in [0.5, 0.6) is 11.5 Å². The number of hydrogen-bond acceptors (Lipinski definition) is 8. The normalized spacial score (nSPS) is 13.7. The number of benzene rings is 3. The van der Waals surface area contributed by atoms with E-state index < -0.39 is 0 Å². The zero-order valence-corrected chi connectivity index (χ0v) is 26.6. The van der Waals surface area contributed by atoms with E-state index in [9.17, 15) is 9.59 Å². The summed E-state index contributed by atoms with van der Waals surface area (Å²) in [7, 11) is 1.50. The van der Waals surface area contributed by atoms with Crippen molar-refractivity contribution < 1.29 is 23.4 Å². The van der Waals surface area contributed by atoms with E-state index in [1.165, 1.54) is 18.0 Å². The van der Waals surface area contributed by atoms with Gasteiger partial charge in [0.25, 0.3) is 11.5 Å². The van der Waals surface area contributed by atoms with Gasteiger partial charge in [-0.05, 0) is 74.3 Å². The van der Waals surface area contributed by atoms with E-state index in [-0.39, 0.29) is 23.9 Å². The lowest BCUT2D eigenvalue weighted by atomic mass is 10.2. The van der Waals surface area contributed by atoms with Crippen molar-refractivity contribution in [3.8, 4) is 23.1 Å². The Labute approximate surface area is 267 Å². The Morgan fingerprint density at radius 2 is 1.91 bits per heavy atom. The molecule has 0 saturated carbocycles. The molecule has 1 aliphatic heterocycles. The third-order valence-corrected chi connectivity index (χ3v) is 9.22. The van der Waals surface area contributed by atoms with Crippen molar-refractivity contribution in [1.82, 2.24) is 14.6 Å². The summed E-state index contributed by atoms with van der Waals surface area (Å²) in [5.41, 5.74) is 1.29. The highest BCUT2D eigenvalue weighted by Gasteiger charge is 2.22. The maximum atomic E-state index is 13.7. The Balaban J connectivity index is 1.38. The van der Waals surface area contributed by atoms with Gasteiger partial charge >= 0.3 is 0 Å². The minimum Gasteiger partial charge on any atom is -0.493 e. The zero-order chi connectivity index (χ0) is 30.1. The first-order valence-corrected chi connectivity index (χ1v) is 15.1. The van der Waals surface area contributed by atoms with Crippen molar-refractivity contribution in [3.63, 3.8) is 0 Å². The molecule has 2 aromatic heterocycles. The van der Waals surface area contributed by atoms with Crippen LogP contribution in [0.25, 0.3) is 33.5 Å². The summed E-state index contributed by atoms with van der Waals surface area (Å²) in [5, 5.41) is 6.26. The van der Waals surface area contributed by atoms with Crippen LogP contribution in [0, 0.1) is 0 Å². The molecule has 3 aromatic carbocycles. The Hall–Kier alpha value is -3.71. The highest BCUT2D eigenvalue weighted by atomic mass is 79.9. The summed E-state index contributed by atoms with van der Waals surface area (Å²) in [6.07, 6.45) is 1.50. The summed E-state index contributed by atoms with van der Waals surface area (Å²) >= 11 is 13.3. The molecule has 1 amide bonds. The molecule has 0 atom stereocenters. The van der Waals surface area contributed by atoms with Crippen LogP contribution in [0.3, 0.4) is 0 Å². The molecular formula is C30H23Br2ClN4O6. The number of amides is 1. The summed E-state index contributed by atoms with van der Waals surface area (Å²) in [6, 6.07) is 15.7. The van der Waals surface area contributed by atoms with Gasteiger partial charge in [0.05, 0.1) is 41.9 Å². The number of hydrogen-bond donors (Lipinski definition) is 0. The number of rotatable bonds is 7. The van der Waals surface area contributed by atoms with E-state index in [2.05, 4.69) is 37.0 Å². The van der Waals surface area contributed by atoms with Crippen LogP contribution < -0.4 is 15.0 Å². The van der Waals surface area contributed by atoms with Crippen molar-refractivity contribution in [2.45, 2.75) is 0 Å². The molecule has 43 heavy (non-hydrogen) atoms. The van der Waals surface area contributed by atoms with Gasteiger partial charge in [-0.15, -0.1) is 0 Å². The largest absolute Gasteiger partial charge is 0.493 e. The van der Waals surface area contributed by atoms with Crippen molar-refractivity contribution in [2.24, 2.45) is 5.10 Å². The zero-order valence-electron chi connectivity index (χ0n) is 22.7. The maximum absolute atomic E-state index is 13.7. The van der Waals surface area contributed by atoms with E-state index in [1.54, 1.807) is 53.4 Å². The second-order valence-electron chi connectivity index (χ2n) is 9.51. The number of nitrogens with zero attached hydrogens (tertiary/aromatic N) is 4. The van der Waals surface area contributed by atoms with Crippen LogP contribution in [-0.4, -0.2) is 66.7 Å². The molecule has 0 spiro atoms. The predicted octanol–water partition coefficient (Wildman–Crippen LogP) is 6.12. The minimum atomic E-state index is -0.376. The number of carbonyl (C=O) groups excluding carboxylic acids is 1. The summed E-state index contributed by atoms with van der Waals surface area (Å²) < 4.78 is 25.1. The molecule has 0 radical (unpaired) electrons. The molecule has 0 aliphatic carbocycles. The number of aromatic nitrogens is 2. The Morgan fingerprint density at radius 3 is 2.70 bits per heavy atom. The first-order chi connectivity index (χ1) is 20.8. The topological polar surface area (TPSA) is 108 Å². The lowest BCUT2D eigenvalue weighted by Crippen LogP contribution is -2.43. The van der Waals surface area contributed by atoms with Crippen molar-refractivity contribution in [2.75, 3.05) is 40.0 Å². The standard InChI is InChI=1S/C30H23Br2ClN4O6/c1-40-23-14-18(26(31)27(32)28(23)42-16-25(38)36-8-10-41-11-9-36)15-34-37-29(35-21-5-3-2-4-20(21)30(37)39)24-13-17-12-19(33)6-7-22(17)43-24/h2-7,12-15H,8-11,16H2,1H3. The SMILES string of the molecule is COc1cc(C=Nn2c(-c3cc4cc(Cl)ccc4o3)nc3ccccc3c2=O)c(Br)c(Br)c1OCC(=O)N1CCOCC1. The number of ether oxygens (including phenoxy) is 3. The van der Waals surface area contributed by atoms with E-state index in [0.717, 1.165) is 5.39 Å². The summed E-state index contributed by atoms with van der Waals surface area (Å²) in [4.78, 5) is 32.7. The molecule has 13 heteroatoms. The van der Waals surface area contributed by atoms with Gasteiger partial charge in [-0.2, -0.15) is 9.78 Å². The molecule has 6 rings (SSSR count). The number of halogens is 3. The van der Waals surface area contributed by atoms with Crippen LogP contribution in [0.2, 0.25) is 5.02 Å². The molecule has 1 saturated heterocycles. The van der Waals surface area contributed by atoms with Gasteiger partial charge in [0.2, 0.25) is 5.82 Å². The fourth-order valence-electron chi connectivity index (χ4n) is 4.66. The quantitative estimate of drug-likeness (QED) is 0.186. The lowest BCUT2D eigenvalue weighted by molar-refractivity contribution is -0.137. The molecular weight excluding hydrogens is 708 g/mol. The van der Waals surface area contributed by atoms with Crippen LogP contribution in [-0.2, 0) is 9.53 Å². The highest BCUT2D eigenvalue weighted by molar-refractivity contribution is 9.13. The fourth-order valence-corrected chi connectivity index (χ4v) is 5.77. The maximum Gasteiger partial charge on any atom is 0.282 e. The van der Waals surface area contributed by atoms with Crippen molar-refractivity contribution >= 4 is 77.5 Å². The van der Waals surface area contributed by atoms with E-state index in [1.807, 2.05) is 6.07 Å². The van der Waals surface area contributed by atoms with Crippen LogP contribution in [0.4, 0.5) is 0 Å². The second-order valence-corrected chi connectivity index (χ2v) is 11.5. The molecule has 0 N–H and O–H groups in total. The van der Waals surface area contributed by atoms with Crippen LogP contribution in [0.15, 0.2) is 77.9 Å². The van der Waals surface area contributed by atoms with Gasteiger partial charge in [0.1, 0.15) is 5.58 Å². The molecule has 5 aromatic rings. The van der Waals surface area contributed by atoms with E-state index >= 15 is 0 Å².